The predicted molar refractivity (Wildman–Crippen MR) is 107 cm³/mol. The number of rotatable bonds is 2. The highest BCUT2D eigenvalue weighted by atomic mass is 35.5. The average Bonchev–Trinajstić information content (AvgIpc) is 2.81. The Kier molecular flexibility index (Phi) is 4.24. The van der Waals surface area contributed by atoms with E-state index in [9.17, 15) is 0 Å². The Morgan fingerprint density at radius 3 is 2.92 bits per heavy atom. The fourth-order valence-corrected chi connectivity index (χ4v) is 4.90. The molecule has 2 N–H and O–H groups in total. The lowest BCUT2D eigenvalue weighted by Crippen LogP contribution is -2.44. The Morgan fingerprint density at radius 2 is 2.04 bits per heavy atom. The Morgan fingerprint density at radius 1 is 1.12 bits per heavy atom. The largest absolute Gasteiger partial charge is 0.375 e. The van der Waals surface area contributed by atoms with E-state index >= 15 is 0 Å². The zero-order valence-corrected chi connectivity index (χ0v) is 15.9. The molecule has 0 amide bonds. The molecule has 1 fully saturated rings. The van der Waals surface area contributed by atoms with Crippen molar-refractivity contribution in [1.29, 1.82) is 0 Å². The van der Waals surface area contributed by atoms with Crippen molar-refractivity contribution < 1.29 is 4.74 Å². The van der Waals surface area contributed by atoms with Crippen LogP contribution in [0.1, 0.15) is 23.5 Å². The molecule has 2 aromatic rings. The van der Waals surface area contributed by atoms with Gasteiger partial charge in [0.05, 0.1) is 23.3 Å². The third-order valence-electron chi connectivity index (χ3n) is 5.69. The quantitative estimate of drug-likeness (QED) is 0.790. The Hall–Kier alpha value is -1.46. The van der Waals surface area contributed by atoms with Crippen LogP contribution in [0.15, 0.2) is 30.3 Å². The van der Waals surface area contributed by atoms with Gasteiger partial charge in [0, 0.05) is 47.7 Å². The van der Waals surface area contributed by atoms with Crippen LogP contribution in [-0.2, 0) is 11.3 Å². The molecule has 136 valence electrons. The molecule has 0 radical (unpaired) electrons. The number of nitrogens with zero attached hydrogens (tertiary/aromatic N) is 1. The SMILES string of the molecule is Clc1ccc(Nc2cc3c4c(c2)[C@@H]2CNCC[C@@H]2N4CCOC3)cc1Cl. The van der Waals surface area contributed by atoms with Crippen LogP contribution in [0, 0.1) is 0 Å². The van der Waals surface area contributed by atoms with Gasteiger partial charge in [0.25, 0.3) is 0 Å². The van der Waals surface area contributed by atoms with E-state index in [-0.39, 0.29) is 0 Å². The van der Waals surface area contributed by atoms with Gasteiger partial charge in [0.15, 0.2) is 0 Å². The van der Waals surface area contributed by atoms with Crippen LogP contribution in [0.2, 0.25) is 10.0 Å². The second kappa shape index (κ2) is 6.61. The molecule has 0 saturated carbocycles. The molecule has 0 spiro atoms. The maximum atomic E-state index is 6.17. The van der Waals surface area contributed by atoms with Gasteiger partial charge in [-0.3, -0.25) is 0 Å². The number of ether oxygens (including phenoxy) is 1. The van der Waals surface area contributed by atoms with Gasteiger partial charge in [-0.05, 0) is 48.9 Å². The summed E-state index contributed by atoms with van der Waals surface area (Å²) >= 11 is 12.2. The van der Waals surface area contributed by atoms with E-state index in [4.69, 9.17) is 27.9 Å². The Labute approximate surface area is 163 Å². The molecule has 0 aliphatic carbocycles. The van der Waals surface area contributed by atoms with E-state index in [2.05, 4.69) is 27.7 Å². The van der Waals surface area contributed by atoms with Crippen molar-refractivity contribution in [3.8, 4) is 0 Å². The number of benzene rings is 2. The van der Waals surface area contributed by atoms with E-state index in [0.717, 1.165) is 37.6 Å². The van der Waals surface area contributed by atoms with Crippen LogP contribution in [-0.4, -0.2) is 32.3 Å². The maximum Gasteiger partial charge on any atom is 0.0738 e. The molecule has 4 nitrogen and oxygen atoms in total. The Bertz CT molecular complexity index is 857. The van der Waals surface area contributed by atoms with Crippen molar-refractivity contribution in [2.75, 3.05) is 36.5 Å². The van der Waals surface area contributed by atoms with Crippen LogP contribution in [0.4, 0.5) is 17.1 Å². The fourth-order valence-electron chi connectivity index (χ4n) is 4.60. The number of fused-ring (bicyclic) bond motifs is 3. The number of halogens is 2. The summed E-state index contributed by atoms with van der Waals surface area (Å²) in [5.74, 6) is 0.547. The number of hydrogen-bond donors (Lipinski definition) is 2. The molecule has 0 aromatic heterocycles. The van der Waals surface area contributed by atoms with Gasteiger partial charge in [-0.15, -0.1) is 0 Å². The molecule has 6 heteroatoms. The molecule has 2 aromatic carbocycles. The normalized spacial score (nSPS) is 24.0. The molecule has 1 saturated heterocycles. The second-order valence-electron chi connectivity index (χ2n) is 7.24. The smallest absolute Gasteiger partial charge is 0.0738 e. The maximum absolute atomic E-state index is 6.17. The topological polar surface area (TPSA) is 36.5 Å². The minimum atomic E-state index is 0.547. The minimum absolute atomic E-state index is 0.547. The third kappa shape index (κ3) is 2.76. The summed E-state index contributed by atoms with van der Waals surface area (Å²) in [6.45, 7) is 4.59. The lowest BCUT2D eigenvalue weighted by molar-refractivity contribution is 0.130. The van der Waals surface area contributed by atoms with E-state index in [1.165, 1.54) is 23.2 Å². The second-order valence-corrected chi connectivity index (χ2v) is 8.05. The van der Waals surface area contributed by atoms with Gasteiger partial charge in [0.1, 0.15) is 0 Å². The molecule has 3 heterocycles. The van der Waals surface area contributed by atoms with Crippen molar-refractivity contribution in [2.24, 2.45) is 0 Å². The van der Waals surface area contributed by atoms with Crippen molar-refractivity contribution in [3.05, 3.63) is 51.5 Å². The molecule has 3 aliphatic rings. The average molecular weight is 390 g/mol. The van der Waals surface area contributed by atoms with Gasteiger partial charge < -0.3 is 20.3 Å². The fraction of sp³-hybridized carbons (Fsp3) is 0.400. The summed E-state index contributed by atoms with van der Waals surface area (Å²) in [4.78, 5) is 2.59. The first kappa shape index (κ1) is 16.7. The lowest BCUT2D eigenvalue weighted by atomic mass is 9.89. The molecule has 0 unspecified atom stereocenters. The predicted octanol–water partition coefficient (Wildman–Crippen LogP) is 4.53. The Balaban J connectivity index is 1.55. The highest BCUT2D eigenvalue weighted by Crippen LogP contribution is 2.47. The monoisotopic (exact) mass is 389 g/mol. The molecule has 3 aliphatic heterocycles. The minimum Gasteiger partial charge on any atom is -0.375 e. The summed E-state index contributed by atoms with van der Waals surface area (Å²) in [7, 11) is 0. The van der Waals surface area contributed by atoms with Crippen LogP contribution in [0.25, 0.3) is 0 Å². The van der Waals surface area contributed by atoms with Crippen LogP contribution >= 0.6 is 23.2 Å². The van der Waals surface area contributed by atoms with Crippen molar-refractivity contribution in [2.45, 2.75) is 25.0 Å². The summed E-state index contributed by atoms with van der Waals surface area (Å²) in [6, 6.07) is 10.7. The van der Waals surface area contributed by atoms with Gasteiger partial charge in [0.2, 0.25) is 0 Å². The number of piperidine rings is 1. The van der Waals surface area contributed by atoms with Gasteiger partial charge in [-0.1, -0.05) is 23.2 Å². The van der Waals surface area contributed by atoms with Crippen molar-refractivity contribution in [3.63, 3.8) is 0 Å². The van der Waals surface area contributed by atoms with Crippen molar-refractivity contribution in [1.82, 2.24) is 5.32 Å². The summed E-state index contributed by atoms with van der Waals surface area (Å²) in [5.41, 5.74) is 6.13. The first-order valence-electron chi connectivity index (χ1n) is 9.15. The molecule has 2 atom stereocenters. The molecule has 26 heavy (non-hydrogen) atoms. The molecule has 5 rings (SSSR count). The standard InChI is InChI=1S/C20H21Cl2N3O/c21-17-2-1-13(9-18(17)22)24-14-7-12-11-26-6-5-25-19-3-4-23-10-16(19)15(8-14)20(12)25/h1-2,7-9,16,19,23-24H,3-6,10-11H2/t16-,19-/m0/s1. The first-order chi connectivity index (χ1) is 12.7. The van der Waals surface area contributed by atoms with E-state index in [1.807, 2.05) is 18.2 Å². The molecule has 0 bridgehead atoms. The van der Waals surface area contributed by atoms with Gasteiger partial charge in [-0.25, -0.2) is 0 Å². The highest BCUT2D eigenvalue weighted by molar-refractivity contribution is 6.42. The van der Waals surface area contributed by atoms with Crippen molar-refractivity contribution >= 4 is 40.3 Å². The van der Waals surface area contributed by atoms with E-state index in [1.54, 1.807) is 0 Å². The summed E-state index contributed by atoms with van der Waals surface area (Å²) in [6.07, 6.45) is 1.19. The highest BCUT2D eigenvalue weighted by Gasteiger charge is 2.41. The summed E-state index contributed by atoms with van der Waals surface area (Å²) < 4.78 is 5.88. The number of hydrogen-bond acceptors (Lipinski definition) is 4. The molecular weight excluding hydrogens is 369 g/mol. The van der Waals surface area contributed by atoms with E-state index < -0.39 is 0 Å². The van der Waals surface area contributed by atoms with E-state index in [0.29, 0.717) is 28.6 Å². The van der Waals surface area contributed by atoms with Gasteiger partial charge in [-0.2, -0.15) is 0 Å². The first-order valence-corrected chi connectivity index (χ1v) is 9.90. The zero-order valence-electron chi connectivity index (χ0n) is 14.4. The van der Waals surface area contributed by atoms with Gasteiger partial charge >= 0.3 is 0 Å². The lowest BCUT2D eigenvalue weighted by Gasteiger charge is -2.33. The van der Waals surface area contributed by atoms with Crippen LogP contribution < -0.4 is 15.5 Å². The third-order valence-corrected chi connectivity index (χ3v) is 6.43. The van der Waals surface area contributed by atoms with Crippen LogP contribution in [0.5, 0.6) is 0 Å². The number of nitrogens with one attached hydrogen (secondary N) is 2. The van der Waals surface area contributed by atoms with Crippen LogP contribution in [0.3, 0.4) is 0 Å². The number of anilines is 3. The zero-order chi connectivity index (χ0) is 17.7. The summed E-state index contributed by atoms with van der Waals surface area (Å²) in [5, 5.41) is 8.19. The molecular formula is C20H21Cl2N3O.